The Labute approximate surface area is 187 Å². The monoisotopic (exact) mass is 445 g/mol. The molecule has 7 heteroatoms. The summed E-state index contributed by atoms with van der Waals surface area (Å²) in [6.07, 6.45) is 5.38. The third-order valence-corrected chi connectivity index (χ3v) is 6.54. The predicted octanol–water partition coefficient (Wildman–Crippen LogP) is 4.49. The fourth-order valence-electron chi connectivity index (χ4n) is 4.29. The molecule has 0 spiro atoms. The van der Waals surface area contributed by atoms with Gasteiger partial charge in [-0.3, -0.25) is 9.78 Å². The van der Waals surface area contributed by atoms with Crippen molar-refractivity contribution in [2.75, 3.05) is 38.2 Å². The molecule has 2 fully saturated rings. The number of ether oxygens (including phenoxy) is 1. The molecular formula is C24H29ClFN3O2. The van der Waals surface area contributed by atoms with Crippen molar-refractivity contribution >= 4 is 23.1 Å². The molecule has 2 aromatic rings. The van der Waals surface area contributed by atoms with Crippen LogP contribution in [0, 0.1) is 17.7 Å². The zero-order chi connectivity index (χ0) is 21.6. The number of hydrogen-bond acceptors (Lipinski definition) is 5. The van der Waals surface area contributed by atoms with E-state index >= 15 is 0 Å². The number of carbonyl (C=O) groups is 1. The van der Waals surface area contributed by atoms with E-state index in [1.165, 1.54) is 6.20 Å². The minimum Gasteiger partial charge on any atom is -0.385 e. The van der Waals surface area contributed by atoms with E-state index in [1.807, 2.05) is 12.1 Å². The maximum absolute atomic E-state index is 14.7. The number of nitrogens with zero attached hydrogens (tertiary/aromatic N) is 1. The zero-order valence-electron chi connectivity index (χ0n) is 17.6. The molecule has 0 unspecified atom stereocenters. The standard InChI is InChI=1S/C24H29ClFN3O2/c25-22-4-3-18(28-13-16-5-8-31-9-6-16)10-20(22)21-11-19(29-15-23(21)26)12-24(30)17-2-1-7-27-14-17/h3-4,10-11,15-17,27-28H,1-2,5-9,12-14H2/t17-/m1/s1. The molecule has 5 nitrogen and oxygen atoms in total. The van der Waals surface area contributed by atoms with Crippen molar-refractivity contribution in [3.05, 3.63) is 47.0 Å². The highest BCUT2D eigenvalue weighted by molar-refractivity contribution is 6.33. The Morgan fingerprint density at radius 1 is 1.23 bits per heavy atom. The number of aromatic nitrogens is 1. The van der Waals surface area contributed by atoms with Crippen LogP contribution in [0.25, 0.3) is 11.1 Å². The fourth-order valence-corrected chi connectivity index (χ4v) is 4.51. The zero-order valence-corrected chi connectivity index (χ0v) is 18.4. The minimum absolute atomic E-state index is 0.00496. The van der Waals surface area contributed by atoms with Gasteiger partial charge in [0.25, 0.3) is 0 Å². The Hall–Kier alpha value is -2.02. The average Bonchev–Trinajstić information content (AvgIpc) is 2.81. The van der Waals surface area contributed by atoms with Gasteiger partial charge in [-0.25, -0.2) is 4.39 Å². The summed E-state index contributed by atoms with van der Waals surface area (Å²) in [6, 6.07) is 7.22. The van der Waals surface area contributed by atoms with Gasteiger partial charge in [-0.05, 0) is 62.4 Å². The summed E-state index contributed by atoms with van der Waals surface area (Å²) in [5.41, 5.74) is 2.45. The Balaban J connectivity index is 1.49. The first-order chi connectivity index (χ1) is 15.1. The number of ketones is 1. The Morgan fingerprint density at radius 2 is 2.06 bits per heavy atom. The predicted molar refractivity (Wildman–Crippen MR) is 121 cm³/mol. The van der Waals surface area contributed by atoms with E-state index in [9.17, 15) is 9.18 Å². The number of halogens is 2. The smallest absolute Gasteiger partial charge is 0.149 e. The second kappa shape index (κ2) is 10.5. The molecule has 2 aliphatic rings. The van der Waals surface area contributed by atoms with Crippen molar-refractivity contribution in [3.63, 3.8) is 0 Å². The molecule has 0 amide bonds. The first-order valence-electron chi connectivity index (χ1n) is 11.1. The van der Waals surface area contributed by atoms with Gasteiger partial charge in [-0.1, -0.05) is 11.6 Å². The lowest BCUT2D eigenvalue weighted by Gasteiger charge is -2.23. The number of pyridine rings is 1. The Bertz CT molecular complexity index is 912. The van der Waals surface area contributed by atoms with Gasteiger partial charge in [-0.2, -0.15) is 0 Å². The van der Waals surface area contributed by atoms with Crippen molar-refractivity contribution in [2.45, 2.75) is 32.1 Å². The highest BCUT2D eigenvalue weighted by Gasteiger charge is 2.22. The lowest BCUT2D eigenvalue weighted by Crippen LogP contribution is -2.35. The molecule has 2 N–H and O–H groups in total. The van der Waals surface area contributed by atoms with E-state index in [4.69, 9.17) is 16.3 Å². The van der Waals surface area contributed by atoms with E-state index < -0.39 is 5.82 Å². The summed E-state index contributed by atoms with van der Waals surface area (Å²) in [6.45, 7) is 4.12. The van der Waals surface area contributed by atoms with E-state index in [0.29, 0.717) is 34.3 Å². The van der Waals surface area contributed by atoms with Crippen LogP contribution in [0.1, 0.15) is 31.4 Å². The summed E-state index contributed by atoms with van der Waals surface area (Å²) < 4.78 is 20.1. The van der Waals surface area contributed by atoms with Crippen molar-refractivity contribution < 1.29 is 13.9 Å². The van der Waals surface area contributed by atoms with Gasteiger partial charge < -0.3 is 15.4 Å². The molecule has 1 aromatic heterocycles. The topological polar surface area (TPSA) is 63.2 Å². The molecule has 1 aromatic carbocycles. The van der Waals surface area contributed by atoms with Gasteiger partial charge >= 0.3 is 0 Å². The third kappa shape index (κ3) is 5.82. The van der Waals surface area contributed by atoms with Gasteiger partial charge in [0, 0.05) is 66.2 Å². The second-order valence-electron chi connectivity index (χ2n) is 8.47. The Morgan fingerprint density at radius 3 is 2.84 bits per heavy atom. The number of rotatable bonds is 7. The fraction of sp³-hybridized carbons (Fsp3) is 0.500. The van der Waals surface area contributed by atoms with Crippen LogP contribution in [0.4, 0.5) is 10.1 Å². The van der Waals surface area contributed by atoms with E-state index in [-0.39, 0.29) is 18.1 Å². The lowest BCUT2D eigenvalue weighted by molar-refractivity contribution is -0.122. The molecule has 0 saturated carbocycles. The van der Waals surface area contributed by atoms with Gasteiger partial charge in [0.2, 0.25) is 0 Å². The van der Waals surface area contributed by atoms with E-state index in [2.05, 4.69) is 15.6 Å². The molecule has 1 atom stereocenters. The minimum atomic E-state index is -0.445. The molecule has 2 saturated heterocycles. The maximum Gasteiger partial charge on any atom is 0.149 e. The van der Waals surface area contributed by atoms with Crippen molar-refractivity contribution in [1.29, 1.82) is 0 Å². The number of nitrogens with one attached hydrogen (secondary N) is 2. The van der Waals surface area contributed by atoms with Crippen LogP contribution in [0.3, 0.4) is 0 Å². The third-order valence-electron chi connectivity index (χ3n) is 6.21. The van der Waals surface area contributed by atoms with Gasteiger partial charge in [0.05, 0.1) is 6.20 Å². The van der Waals surface area contributed by atoms with Gasteiger partial charge in [0.1, 0.15) is 11.6 Å². The van der Waals surface area contributed by atoms with Gasteiger partial charge in [-0.15, -0.1) is 0 Å². The molecular weight excluding hydrogens is 417 g/mol. The van der Waals surface area contributed by atoms with Gasteiger partial charge in [0.15, 0.2) is 0 Å². The van der Waals surface area contributed by atoms with Crippen molar-refractivity contribution in [2.24, 2.45) is 11.8 Å². The number of hydrogen-bond donors (Lipinski definition) is 2. The number of Topliss-reactive ketones (excluding diaryl/α,β-unsaturated/α-hetero) is 1. The summed E-state index contributed by atoms with van der Waals surface area (Å²) in [4.78, 5) is 16.8. The van der Waals surface area contributed by atoms with Crippen LogP contribution in [-0.4, -0.2) is 43.6 Å². The summed E-state index contributed by atoms with van der Waals surface area (Å²) in [5, 5.41) is 7.18. The van der Waals surface area contributed by atoms with Crippen LogP contribution in [0.15, 0.2) is 30.5 Å². The average molecular weight is 446 g/mol. The number of anilines is 1. The van der Waals surface area contributed by atoms with Crippen LogP contribution in [-0.2, 0) is 16.0 Å². The molecule has 3 heterocycles. The van der Waals surface area contributed by atoms with Crippen LogP contribution in [0.2, 0.25) is 5.02 Å². The molecule has 2 aliphatic heterocycles. The van der Waals surface area contributed by atoms with Crippen molar-refractivity contribution in [1.82, 2.24) is 10.3 Å². The SMILES string of the molecule is O=C(Cc1cc(-c2cc(NCC3CCOCC3)ccc2Cl)c(F)cn1)[C@@H]1CCCNC1. The molecule has 0 bridgehead atoms. The van der Waals surface area contributed by atoms with Crippen LogP contribution in [0.5, 0.6) is 0 Å². The lowest BCUT2D eigenvalue weighted by atomic mass is 9.92. The summed E-state index contributed by atoms with van der Waals surface area (Å²) in [7, 11) is 0. The number of benzene rings is 1. The summed E-state index contributed by atoms with van der Waals surface area (Å²) >= 11 is 6.42. The van der Waals surface area contributed by atoms with Crippen molar-refractivity contribution in [3.8, 4) is 11.1 Å². The molecule has 0 aliphatic carbocycles. The van der Waals surface area contributed by atoms with E-state index in [1.54, 1.807) is 12.1 Å². The number of piperidine rings is 1. The maximum atomic E-state index is 14.7. The quantitative estimate of drug-likeness (QED) is 0.657. The number of carbonyl (C=O) groups excluding carboxylic acids is 1. The summed E-state index contributed by atoms with van der Waals surface area (Å²) in [5.74, 6) is 0.275. The van der Waals surface area contributed by atoms with E-state index in [0.717, 1.165) is 57.7 Å². The van der Waals surface area contributed by atoms with Crippen LogP contribution < -0.4 is 10.6 Å². The molecule has 166 valence electrons. The first kappa shape index (κ1) is 22.2. The molecule has 31 heavy (non-hydrogen) atoms. The second-order valence-corrected chi connectivity index (χ2v) is 8.88. The Kier molecular flexibility index (Phi) is 7.54. The normalized spacial score (nSPS) is 19.9. The molecule has 4 rings (SSSR count). The highest BCUT2D eigenvalue weighted by Crippen LogP contribution is 2.33. The van der Waals surface area contributed by atoms with Crippen LogP contribution >= 0.6 is 11.6 Å². The first-order valence-corrected chi connectivity index (χ1v) is 11.5. The highest BCUT2D eigenvalue weighted by atomic mass is 35.5. The molecule has 0 radical (unpaired) electrons. The largest absolute Gasteiger partial charge is 0.385 e.